The molecule has 0 saturated heterocycles. The standard InChI is InChI=1S/C17H26N2O3/c1-13(2)12-19(10-9-17(21)22-3)16(20)11-15(18)14-7-5-4-6-8-14/h4-8,13,15H,9-12,18H2,1-3H3. The van der Waals surface area contributed by atoms with Crippen LogP contribution in [0.15, 0.2) is 30.3 Å². The van der Waals surface area contributed by atoms with Crippen LogP contribution in [0.5, 0.6) is 0 Å². The van der Waals surface area contributed by atoms with E-state index in [1.54, 1.807) is 4.90 Å². The van der Waals surface area contributed by atoms with Gasteiger partial charge in [-0.25, -0.2) is 0 Å². The van der Waals surface area contributed by atoms with Gasteiger partial charge >= 0.3 is 5.97 Å². The number of esters is 1. The van der Waals surface area contributed by atoms with Gasteiger partial charge in [-0.15, -0.1) is 0 Å². The molecule has 0 aliphatic heterocycles. The van der Waals surface area contributed by atoms with Crippen LogP contribution in [0, 0.1) is 5.92 Å². The molecule has 1 amide bonds. The highest BCUT2D eigenvalue weighted by Crippen LogP contribution is 2.15. The second kappa shape index (κ2) is 9.20. The Morgan fingerprint density at radius 2 is 1.86 bits per heavy atom. The van der Waals surface area contributed by atoms with E-state index in [2.05, 4.69) is 4.74 Å². The molecule has 22 heavy (non-hydrogen) atoms. The van der Waals surface area contributed by atoms with E-state index in [9.17, 15) is 9.59 Å². The number of hydrogen-bond donors (Lipinski definition) is 1. The molecule has 0 spiro atoms. The first-order chi connectivity index (χ1) is 10.4. The van der Waals surface area contributed by atoms with Crippen LogP contribution in [-0.2, 0) is 14.3 Å². The van der Waals surface area contributed by atoms with Gasteiger partial charge in [-0.3, -0.25) is 9.59 Å². The molecule has 5 nitrogen and oxygen atoms in total. The molecule has 1 unspecified atom stereocenters. The maximum Gasteiger partial charge on any atom is 0.307 e. The smallest absolute Gasteiger partial charge is 0.307 e. The van der Waals surface area contributed by atoms with E-state index >= 15 is 0 Å². The van der Waals surface area contributed by atoms with Crippen LogP contribution in [-0.4, -0.2) is 37.0 Å². The summed E-state index contributed by atoms with van der Waals surface area (Å²) in [7, 11) is 1.35. The largest absolute Gasteiger partial charge is 0.469 e. The third-order valence-corrected chi connectivity index (χ3v) is 3.37. The van der Waals surface area contributed by atoms with Gasteiger partial charge in [0.15, 0.2) is 0 Å². The van der Waals surface area contributed by atoms with Gasteiger partial charge in [0.05, 0.1) is 13.5 Å². The number of carbonyl (C=O) groups excluding carboxylic acids is 2. The van der Waals surface area contributed by atoms with Gasteiger partial charge in [0, 0.05) is 25.6 Å². The summed E-state index contributed by atoms with van der Waals surface area (Å²) in [6.45, 7) is 5.05. The lowest BCUT2D eigenvalue weighted by Crippen LogP contribution is -2.37. The number of methoxy groups -OCH3 is 1. The number of rotatable bonds is 8. The van der Waals surface area contributed by atoms with Crippen LogP contribution in [0.3, 0.4) is 0 Å². The number of benzene rings is 1. The van der Waals surface area contributed by atoms with Crippen molar-refractivity contribution in [3.63, 3.8) is 0 Å². The lowest BCUT2D eigenvalue weighted by atomic mass is 10.0. The van der Waals surface area contributed by atoms with Crippen molar-refractivity contribution in [3.8, 4) is 0 Å². The highest BCUT2D eigenvalue weighted by Gasteiger charge is 2.19. The zero-order chi connectivity index (χ0) is 16.5. The molecule has 122 valence electrons. The predicted molar refractivity (Wildman–Crippen MR) is 86.0 cm³/mol. The van der Waals surface area contributed by atoms with Crippen molar-refractivity contribution in [1.29, 1.82) is 0 Å². The SMILES string of the molecule is COC(=O)CCN(CC(C)C)C(=O)CC(N)c1ccccc1. The third kappa shape index (κ3) is 6.26. The van der Waals surface area contributed by atoms with E-state index in [4.69, 9.17) is 5.73 Å². The first-order valence-electron chi connectivity index (χ1n) is 7.59. The molecule has 2 N–H and O–H groups in total. The summed E-state index contributed by atoms with van der Waals surface area (Å²) in [6, 6.07) is 9.23. The molecule has 5 heteroatoms. The normalized spacial score (nSPS) is 12.0. The van der Waals surface area contributed by atoms with Crippen molar-refractivity contribution < 1.29 is 14.3 Å². The van der Waals surface area contributed by atoms with Crippen molar-refractivity contribution >= 4 is 11.9 Å². The number of nitrogens with two attached hydrogens (primary N) is 1. The van der Waals surface area contributed by atoms with Crippen LogP contribution in [0.25, 0.3) is 0 Å². The van der Waals surface area contributed by atoms with Crippen molar-refractivity contribution in [2.24, 2.45) is 11.7 Å². The minimum absolute atomic E-state index is 0.0334. The van der Waals surface area contributed by atoms with Gasteiger partial charge in [0.2, 0.25) is 5.91 Å². The second-order valence-corrected chi connectivity index (χ2v) is 5.78. The van der Waals surface area contributed by atoms with E-state index in [0.29, 0.717) is 19.0 Å². The van der Waals surface area contributed by atoms with Crippen molar-refractivity contribution in [1.82, 2.24) is 4.90 Å². The van der Waals surface area contributed by atoms with E-state index < -0.39 is 0 Å². The van der Waals surface area contributed by atoms with Crippen LogP contribution in [0.1, 0.15) is 38.3 Å². The summed E-state index contributed by atoms with van der Waals surface area (Å²) >= 11 is 0. The average molecular weight is 306 g/mol. The summed E-state index contributed by atoms with van der Waals surface area (Å²) in [4.78, 5) is 25.4. The topological polar surface area (TPSA) is 72.6 Å². The molecule has 1 aromatic rings. The molecule has 1 rings (SSSR count). The van der Waals surface area contributed by atoms with E-state index in [1.165, 1.54) is 7.11 Å². The van der Waals surface area contributed by atoms with Crippen LogP contribution >= 0.6 is 0 Å². The summed E-state index contributed by atoms with van der Waals surface area (Å²) < 4.78 is 4.63. The highest BCUT2D eigenvalue weighted by molar-refractivity contribution is 5.78. The number of hydrogen-bond acceptors (Lipinski definition) is 4. The Labute approximate surface area is 132 Å². The molecule has 0 saturated carbocycles. The minimum atomic E-state index is -0.332. The first-order valence-corrected chi connectivity index (χ1v) is 7.59. The van der Waals surface area contributed by atoms with Crippen molar-refractivity contribution in [2.75, 3.05) is 20.2 Å². The third-order valence-electron chi connectivity index (χ3n) is 3.37. The van der Waals surface area contributed by atoms with E-state index in [-0.39, 0.29) is 30.8 Å². The molecule has 0 radical (unpaired) electrons. The maximum atomic E-state index is 12.5. The maximum absolute atomic E-state index is 12.5. The molecule has 1 atom stereocenters. The van der Waals surface area contributed by atoms with Crippen molar-refractivity contribution in [3.05, 3.63) is 35.9 Å². The first kappa shape index (κ1) is 18.2. The number of nitrogens with zero attached hydrogens (tertiary/aromatic N) is 1. The van der Waals surface area contributed by atoms with E-state index in [0.717, 1.165) is 5.56 Å². The fourth-order valence-corrected chi connectivity index (χ4v) is 2.22. The Bertz CT molecular complexity index is 474. The molecule has 0 bridgehead atoms. The Morgan fingerprint density at radius 3 is 2.41 bits per heavy atom. The van der Waals surface area contributed by atoms with Gasteiger partial charge < -0.3 is 15.4 Å². The monoisotopic (exact) mass is 306 g/mol. The number of carbonyl (C=O) groups is 2. The van der Waals surface area contributed by atoms with Crippen LogP contribution in [0.2, 0.25) is 0 Å². The lowest BCUT2D eigenvalue weighted by molar-refractivity contribution is -0.142. The zero-order valence-corrected chi connectivity index (χ0v) is 13.6. The Hall–Kier alpha value is -1.88. The fourth-order valence-electron chi connectivity index (χ4n) is 2.22. The lowest BCUT2D eigenvalue weighted by Gasteiger charge is -2.25. The molecule has 0 aliphatic carbocycles. The van der Waals surface area contributed by atoms with E-state index in [1.807, 2.05) is 44.2 Å². The van der Waals surface area contributed by atoms with Gasteiger partial charge in [-0.1, -0.05) is 44.2 Å². The fraction of sp³-hybridized carbons (Fsp3) is 0.529. The summed E-state index contributed by atoms with van der Waals surface area (Å²) in [5, 5.41) is 0. The Balaban J connectivity index is 2.64. The molecular weight excluding hydrogens is 280 g/mol. The van der Waals surface area contributed by atoms with Gasteiger partial charge in [0.25, 0.3) is 0 Å². The van der Waals surface area contributed by atoms with Crippen LogP contribution < -0.4 is 5.73 Å². The minimum Gasteiger partial charge on any atom is -0.469 e. The molecule has 0 aromatic heterocycles. The quantitative estimate of drug-likeness (QED) is 0.747. The zero-order valence-electron chi connectivity index (χ0n) is 13.6. The van der Waals surface area contributed by atoms with Gasteiger partial charge in [0.1, 0.15) is 0 Å². The predicted octanol–water partition coefficient (Wildman–Crippen LogP) is 2.12. The molecule has 0 fully saturated rings. The summed E-state index contributed by atoms with van der Waals surface area (Å²) in [6.07, 6.45) is 0.438. The molecule has 0 heterocycles. The second-order valence-electron chi connectivity index (χ2n) is 5.78. The van der Waals surface area contributed by atoms with Gasteiger partial charge in [-0.2, -0.15) is 0 Å². The highest BCUT2D eigenvalue weighted by atomic mass is 16.5. The van der Waals surface area contributed by atoms with Crippen molar-refractivity contribution in [2.45, 2.75) is 32.7 Å². The molecule has 0 aliphatic rings. The van der Waals surface area contributed by atoms with Crippen LogP contribution in [0.4, 0.5) is 0 Å². The summed E-state index contributed by atoms with van der Waals surface area (Å²) in [5.41, 5.74) is 7.05. The Kier molecular flexibility index (Phi) is 7.60. The molecular formula is C17H26N2O3. The average Bonchev–Trinajstić information content (AvgIpc) is 2.51. The Morgan fingerprint density at radius 1 is 1.23 bits per heavy atom. The van der Waals surface area contributed by atoms with Gasteiger partial charge in [-0.05, 0) is 11.5 Å². The number of amides is 1. The number of ether oxygens (including phenoxy) is 1. The summed E-state index contributed by atoms with van der Waals surface area (Å²) in [5.74, 6) is -0.0163. The molecule has 1 aromatic carbocycles.